The van der Waals surface area contributed by atoms with Gasteiger partial charge in [0.2, 0.25) is 0 Å². The predicted octanol–water partition coefficient (Wildman–Crippen LogP) is 5.85. The fraction of sp³-hybridized carbons (Fsp3) is 0.333. The minimum atomic E-state index is 0.191. The van der Waals surface area contributed by atoms with Crippen LogP contribution in [-0.2, 0) is 6.54 Å². The molecule has 0 aromatic heterocycles. The molecule has 3 aromatic carbocycles. The highest BCUT2D eigenvalue weighted by molar-refractivity contribution is 5.46. The zero-order valence-electron chi connectivity index (χ0n) is 18.6. The second kappa shape index (κ2) is 10.8. The van der Waals surface area contributed by atoms with Gasteiger partial charge >= 0.3 is 0 Å². The molecule has 3 heteroatoms. The quantitative estimate of drug-likeness (QED) is 0.430. The lowest BCUT2D eigenvalue weighted by molar-refractivity contribution is 0.242. The molecule has 3 rings (SSSR count). The van der Waals surface area contributed by atoms with Crippen LogP contribution in [0.3, 0.4) is 0 Å². The molecule has 0 saturated carbocycles. The highest BCUT2D eigenvalue weighted by Crippen LogP contribution is 2.29. The third-order valence-electron chi connectivity index (χ3n) is 5.25. The molecule has 0 unspecified atom stereocenters. The first kappa shape index (κ1) is 21.9. The lowest BCUT2D eigenvalue weighted by Crippen LogP contribution is -2.18. The Morgan fingerprint density at radius 3 is 2.03 bits per heavy atom. The molecule has 0 heterocycles. The van der Waals surface area contributed by atoms with Crippen molar-refractivity contribution in [3.8, 4) is 5.75 Å². The van der Waals surface area contributed by atoms with E-state index in [2.05, 4.69) is 117 Å². The van der Waals surface area contributed by atoms with Gasteiger partial charge in [-0.3, -0.25) is 0 Å². The fourth-order valence-corrected chi connectivity index (χ4v) is 3.65. The first-order valence-electron chi connectivity index (χ1n) is 10.8. The van der Waals surface area contributed by atoms with Gasteiger partial charge in [-0.2, -0.15) is 0 Å². The van der Waals surface area contributed by atoms with Gasteiger partial charge in [0.05, 0.1) is 6.10 Å². The standard InChI is InChI=1S/C27H34N2O/c1-21(2)30-26-16-12-24(13-17-26)27(23-8-6-5-7-9-23)18-19-28-20-22-10-14-25(15-11-22)29(3)4/h5-17,21,27-28H,18-20H2,1-4H3/t27-/m1/s1. The van der Waals surface area contributed by atoms with E-state index in [0.29, 0.717) is 5.92 Å². The molecule has 0 bridgehead atoms. The van der Waals surface area contributed by atoms with Gasteiger partial charge in [0.25, 0.3) is 0 Å². The summed E-state index contributed by atoms with van der Waals surface area (Å²) in [5.41, 5.74) is 5.22. The Kier molecular flexibility index (Phi) is 7.92. The number of nitrogens with zero attached hydrogens (tertiary/aromatic N) is 1. The highest BCUT2D eigenvalue weighted by Gasteiger charge is 2.14. The van der Waals surface area contributed by atoms with Crippen LogP contribution in [0.5, 0.6) is 5.75 Å². The van der Waals surface area contributed by atoms with E-state index in [4.69, 9.17) is 4.74 Å². The Balaban J connectivity index is 1.62. The van der Waals surface area contributed by atoms with Crippen molar-refractivity contribution in [1.82, 2.24) is 5.32 Å². The normalized spacial score (nSPS) is 12.0. The largest absolute Gasteiger partial charge is 0.491 e. The molecular formula is C27H34N2O. The number of hydrogen-bond acceptors (Lipinski definition) is 3. The number of rotatable bonds is 10. The monoisotopic (exact) mass is 402 g/mol. The maximum atomic E-state index is 5.81. The van der Waals surface area contributed by atoms with Crippen molar-refractivity contribution in [2.75, 3.05) is 25.5 Å². The van der Waals surface area contributed by atoms with Gasteiger partial charge in [-0.05, 0) is 67.8 Å². The maximum absolute atomic E-state index is 5.81. The topological polar surface area (TPSA) is 24.5 Å². The molecule has 3 nitrogen and oxygen atoms in total. The number of hydrogen-bond donors (Lipinski definition) is 1. The van der Waals surface area contributed by atoms with Crippen molar-refractivity contribution >= 4 is 5.69 Å². The SMILES string of the molecule is CC(C)Oc1ccc([C@H](CCNCc2ccc(N(C)C)cc2)c2ccccc2)cc1. The summed E-state index contributed by atoms with van der Waals surface area (Å²) in [4.78, 5) is 2.12. The molecule has 0 amide bonds. The van der Waals surface area contributed by atoms with Crippen molar-refractivity contribution in [3.63, 3.8) is 0 Å². The minimum absolute atomic E-state index is 0.191. The Morgan fingerprint density at radius 1 is 0.800 bits per heavy atom. The first-order chi connectivity index (χ1) is 14.5. The molecule has 1 atom stereocenters. The molecule has 0 aliphatic carbocycles. The molecule has 0 aliphatic rings. The summed E-state index contributed by atoms with van der Waals surface area (Å²) in [5, 5.41) is 3.62. The zero-order valence-corrected chi connectivity index (χ0v) is 18.6. The van der Waals surface area contributed by atoms with Crippen LogP contribution in [0.4, 0.5) is 5.69 Å². The molecule has 0 spiro atoms. The van der Waals surface area contributed by atoms with Gasteiger partial charge in [0.1, 0.15) is 5.75 Å². The van der Waals surface area contributed by atoms with Gasteiger partial charge in [-0.1, -0.05) is 54.6 Å². The van der Waals surface area contributed by atoms with E-state index in [-0.39, 0.29) is 6.10 Å². The fourth-order valence-electron chi connectivity index (χ4n) is 3.65. The molecule has 0 fully saturated rings. The summed E-state index contributed by atoms with van der Waals surface area (Å²) >= 11 is 0. The van der Waals surface area contributed by atoms with Crippen LogP contribution in [0.15, 0.2) is 78.9 Å². The second-order valence-electron chi connectivity index (χ2n) is 8.23. The van der Waals surface area contributed by atoms with Crippen LogP contribution in [0.1, 0.15) is 42.9 Å². The van der Waals surface area contributed by atoms with E-state index < -0.39 is 0 Å². The summed E-state index contributed by atoms with van der Waals surface area (Å²) in [5.74, 6) is 1.29. The summed E-state index contributed by atoms with van der Waals surface area (Å²) in [6.07, 6.45) is 1.24. The van der Waals surface area contributed by atoms with Crippen molar-refractivity contribution < 1.29 is 4.74 Å². The van der Waals surface area contributed by atoms with Gasteiger partial charge in [0, 0.05) is 32.2 Å². The van der Waals surface area contributed by atoms with Crippen LogP contribution in [0, 0.1) is 0 Å². The van der Waals surface area contributed by atoms with Crippen molar-refractivity contribution in [2.24, 2.45) is 0 Å². The van der Waals surface area contributed by atoms with Crippen LogP contribution in [0.25, 0.3) is 0 Å². The third-order valence-corrected chi connectivity index (χ3v) is 5.25. The molecule has 158 valence electrons. The van der Waals surface area contributed by atoms with E-state index >= 15 is 0 Å². The zero-order chi connectivity index (χ0) is 21.3. The van der Waals surface area contributed by atoms with E-state index in [1.54, 1.807) is 0 Å². The lowest BCUT2D eigenvalue weighted by atomic mass is 9.88. The molecule has 0 aliphatic heterocycles. The number of nitrogens with one attached hydrogen (secondary N) is 1. The maximum Gasteiger partial charge on any atom is 0.119 e. The highest BCUT2D eigenvalue weighted by atomic mass is 16.5. The third kappa shape index (κ3) is 6.36. The Morgan fingerprint density at radius 2 is 1.43 bits per heavy atom. The molecule has 0 saturated heterocycles. The smallest absolute Gasteiger partial charge is 0.119 e. The second-order valence-corrected chi connectivity index (χ2v) is 8.23. The average molecular weight is 403 g/mol. The van der Waals surface area contributed by atoms with Gasteiger partial charge in [-0.25, -0.2) is 0 Å². The van der Waals surface area contributed by atoms with E-state index in [9.17, 15) is 0 Å². The molecule has 3 aromatic rings. The molecule has 1 N–H and O–H groups in total. The van der Waals surface area contributed by atoms with Gasteiger partial charge in [0.15, 0.2) is 0 Å². The van der Waals surface area contributed by atoms with E-state index in [1.165, 1.54) is 22.4 Å². The van der Waals surface area contributed by atoms with E-state index in [0.717, 1.165) is 25.3 Å². The predicted molar refractivity (Wildman–Crippen MR) is 128 cm³/mol. The Labute approximate surface area is 181 Å². The Bertz CT molecular complexity index is 871. The number of ether oxygens (including phenoxy) is 1. The van der Waals surface area contributed by atoms with Crippen molar-refractivity contribution in [1.29, 1.82) is 0 Å². The van der Waals surface area contributed by atoms with Gasteiger partial charge in [-0.15, -0.1) is 0 Å². The minimum Gasteiger partial charge on any atom is -0.491 e. The summed E-state index contributed by atoms with van der Waals surface area (Å²) in [6.45, 7) is 5.95. The first-order valence-corrected chi connectivity index (χ1v) is 10.8. The Hall–Kier alpha value is -2.78. The summed E-state index contributed by atoms with van der Waals surface area (Å²) < 4.78 is 5.81. The van der Waals surface area contributed by atoms with Crippen LogP contribution in [0.2, 0.25) is 0 Å². The molecule has 30 heavy (non-hydrogen) atoms. The van der Waals surface area contributed by atoms with Crippen LogP contribution >= 0.6 is 0 Å². The van der Waals surface area contributed by atoms with E-state index in [1.807, 2.05) is 0 Å². The van der Waals surface area contributed by atoms with Crippen molar-refractivity contribution in [3.05, 3.63) is 95.6 Å². The molecular weight excluding hydrogens is 368 g/mol. The van der Waals surface area contributed by atoms with Gasteiger partial charge < -0.3 is 15.0 Å². The van der Waals surface area contributed by atoms with Crippen LogP contribution in [-0.4, -0.2) is 26.7 Å². The summed E-state index contributed by atoms with van der Waals surface area (Å²) in [7, 11) is 4.14. The van der Waals surface area contributed by atoms with Crippen molar-refractivity contribution in [2.45, 2.75) is 38.8 Å². The number of anilines is 1. The summed E-state index contributed by atoms with van der Waals surface area (Å²) in [6, 6.07) is 28.1. The lowest BCUT2D eigenvalue weighted by Gasteiger charge is -2.19. The number of benzene rings is 3. The average Bonchev–Trinajstić information content (AvgIpc) is 2.75. The van der Waals surface area contributed by atoms with Crippen LogP contribution < -0.4 is 15.0 Å². The molecule has 0 radical (unpaired) electrons.